The van der Waals surface area contributed by atoms with Crippen molar-refractivity contribution >= 4 is 18.2 Å². The molecule has 162 valence electrons. The number of aryl methyl sites for hydroxylation is 2. The first kappa shape index (κ1) is 22.7. The Kier molecular flexibility index (Phi) is 7.61. The number of benzene rings is 1. The van der Waals surface area contributed by atoms with Crippen LogP contribution in [0.5, 0.6) is 0 Å². The Morgan fingerprint density at radius 2 is 1.74 bits per heavy atom. The van der Waals surface area contributed by atoms with Gasteiger partial charge in [0.25, 0.3) is 0 Å². The number of halogens is 1. The minimum absolute atomic E-state index is 0. The van der Waals surface area contributed by atoms with E-state index in [0.29, 0.717) is 6.42 Å². The van der Waals surface area contributed by atoms with Gasteiger partial charge in [-0.1, -0.05) is 24.3 Å². The van der Waals surface area contributed by atoms with E-state index in [-0.39, 0.29) is 12.4 Å². The van der Waals surface area contributed by atoms with Crippen molar-refractivity contribution in [2.45, 2.75) is 33.4 Å². The van der Waals surface area contributed by atoms with Crippen LogP contribution in [-0.2, 0) is 19.5 Å². The van der Waals surface area contributed by atoms with Gasteiger partial charge in [0.2, 0.25) is 0 Å². The Morgan fingerprint density at radius 3 is 2.39 bits per heavy atom. The maximum atomic E-state index is 8.88. The summed E-state index contributed by atoms with van der Waals surface area (Å²) in [6.45, 7) is 9.84. The highest BCUT2D eigenvalue weighted by Crippen LogP contribution is 2.28. The number of aromatic nitrogens is 4. The molecule has 0 unspecified atom stereocenters. The summed E-state index contributed by atoms with van der Waals surface area (Å²) in [5.41, 5.74) is 5.37. The first-order valence-electron chi connectivity index (χ1n) is 10.5. The predicted octanol–water partition coefficient (Wildman–Crippen LogP) is 3.48. The maximum Gasteiger partial charge on any atom is 0.155 e. The first-order chi connectivity index (χ1) is 14.7. The molecule has 1 aliphatic rings. The molecular formula is C23H28ClN7. The Labute approximate surface area is 189 Å². The van der Waals surface area contributed by atoms with Crippen molar-refractivity contribution in [2.75, 3.05) is 31.1 Å². The second-order valence-corrected chi connectivity index (χ2v) is 7.62. The number of piperazine rings is 1. The van der Waals surface area contributed by atoms with Crippen LogP contribution in [0.1, 0.15) is 23.7 Å². The highest BCUT2D eigenvalue weighted by molar-refractivity contribution is 5.85. The van der Waals surface area contributed by atoms with E-state index < -0.39 is 0 Å². The molecule has 0 atom stereocenters. The first-order valence-corrected chi connectivity index (χ1v) is 10.5. The third-order valence-electron chi connectivity index (χ3n) is 5.63. The van der Waals surface area contributed by atoms with Gasteiger partial charge in [0.1, 0.15) is 5.69 Å². The monoisotopic (exact) mass is 437 g/mol. The SMILES string of the molecule is CCn1cc(CN2CCN(c3nccnc3-c3ccc(CC#N)cc3)CC2)c(C)n1.Cl. The van der Waals surface area contributed by atoms with E-state index in [9.17, 15) is 0 Å². The van der Waals surface area contributed by atoms with Crippen LogP contribution in [0.2, 0.25) is 0 Å². The number of hydrogen-bond acceptors (Lipinski definition) is 6. The molecule has 0 amide bonds. The number of anilines is 1. The van der Waals surface area contributed by atoms with Crippen LogP contribution < -0.4 is 4.90 Å². The summed E-state index contributed by atoms with van der Waals surface area (Å²) in [6, 6.07) is 10.2. The van der Waals surface area contributed by atoms with Gasteiger partial charge >= 0.3 is 0 Å². The second kappa shape index (κ2) is 10.4. The number of hydrogen-bond donors (Lipinski definition) is 0. The lowest BCUT2D eigenvalue weighted by Gasteiger charge is -2.35. The van der Waals surface area contributed by atoms with Gasteiger partial charge in [0.15, 0.2) is 5.82 Å². The smallest absolute Gasteiger partial charge is 0.155 e. The fourth-order valence-corrected chi connectivity index (χ4v) is 3.87. The van der Waals surface area contributed by atoms with Crippen molar-refractivity contribution in [1.29, 1.82) is 5.26 Å². The summed E-state index contributed by atoms with van der Waals surface area (Å²) < 4.78 is 2.01. The molecule has 1 fully saturated rings. The fraction of sp³-hybridized carbons (Fsp3) is 0.391. The molecule has 8 heteroatoms. The molecule has 2 aromatic heterocycles. The standard InChI is InChI=1S/C23H27N7.ClH/c1-3-30-17-21(18(2)27-30)16-28-12-14-29(15-13-28)23-22(25-10-11-26-23)20-6-4-19(5-7-20)8-9-24;/h4-7,10-11,17H,3,8,12-16H2,1-2H3;1H. The molecule has 1 saturated heterocycles. The highest BCUT2D eigenvalue weighted by Gasteiger charge is 2.22. The van der Waals surface area contributed by atoms with Crippen molar-refractivity contribution < 1.29 is 0 Å². The van der Waals surface area contributed by atoms with Gasteiger partial charge < -0.3 is 4.90 Å². The van der Waals surface area contributed by atoms with E-state index in [1.807, 2.05) is 28.9 Å². The molecule has 0 saturated carbocycles. The van der Waals surface area contributed by atoms with Gasteiger partial charge in [-0.2, -0.15) is 10.4 Å². The van der Waals surface area contributed by atoms with Gasteiger partial charge in [0.05, 0.1) is 18.2 Å². The summed E-state index contributed by atoms with van der Waals surface area (Å²) in [6.07, 6.45) is 6.09. The number of rotatable bonds is 6. The molecule has 3 heterocycles. The molecule has 1 aliphatic heterocycles. The summed E-state index contributed by atoms with van der Waals surface area (Å²) in [5.74, 6) is 0.931. The Balaban J connectivity index is 0.00000272. The summed E-state index contributed by atoms with van der Waals surface area (Å²) in [4.78, 5) is 14.1. The Hall–Kier alpha value is -2.95. The minimum atomic E-state index is 0. The van der Waals surface area contributed by atoms with E-state index >= 15 is 0 Å². The van der Waals surface area contributed by atoms with Crippen LogP contribution in [0.4, 0.5) is 5.82 Å². The molecule has 7 nitrogen and oxygen atoms in total. The van der Waals surface area contributed by atoms with Crippen molar-refractivity contribution in [1.82, 2.24) is 24.6 Å². The van der Waals surface area contributed by atoms with E-state index in [1.165, 1.54) is 5.56 Å². The van der Waals surface area contributed by atoms with Crippen molar-refractivity contribution in [3.63, 3.8) is 0 Å². The normalized spacial score (nSPS) is 14.2. The quantitative estimate of drug-likeness (QED) is 0.587. The molecule has 4 rings (SSSR count). The molecular weight excluding hydrogens is 410 g/mol. The van der Waals surface area contributed by atoms with Gasteiger partial charge in [-0.25, -0.2) is 4.98 Å². The third kappa shape index (κ3) is 5.22. The lowest BCUT2D eigenvalue weighted by atomic mass is 10.1. The number of nitriles is 1. The van der Waals surface area contributed by atoms with Gasteiger partial charge in [-0.05, 0) is 19.4 Å². The zero-order valence-corrected chi connectivity index (χ0v) is 18.8. The molecule has 0 bridgehead atoms. The van der Waals surface area contributed by atoms with Crippen LogP contribution >= 0.6 is 12.4 Å². The van der Waals surface area contributed by atoms with Gasteiger partial charge in [-0.3, -0.25) is 14.6 Å². The van der Waals surface area contributed by atoms with E-state index in [1.54, 1.807) is 12.4 Å². The molecule has 0 spiro atoms. The van der Waals surface area contributed by atoms with Gasteiger partial charge in [0, 0.05) is 69.0 Å². The van der Waals surface area contributed by atoms with Crippen LogP contribution in [0.15, 0.2) is 42.9 Å². The lowest BCUT2D eigenvalue weighted by Crippen LogP contribution is -2.46. The summed E-state index contributed by atoms with van der Waals surface area (Å²) in [7, 11) is 0. The minimum Gasteiger partial charge on any atom is -0.352 e. The lowest BCUT2D eigenvalue weighted by molar-refractivity contribution is 0.249. The van der Waals surface area contributed by atoms with Crippen LogP contribution in [0.25, 0.3) is 11.3 Å². The second-order valence-electron chi connectivity index (χ2n) is 7.62. The van der Waals surface area contributed by atoms with E-state index in [0.717, 1.165) is 67.6 Å². The predicted molar refractivity (Wildman–Crippen MR) is 124 cm³/mol. The molecule has 1 aromatic carbocycles. The maximum absolute atomic E-state index is 8.88. The summed E-state index contributed by atoms with van der Waals surface area (Å²) >= 11 is 0. The van der Waals surface area contributed by atoms with Crippen molar-refractivity contribution in [3.05, 3.63) is 59.7 Å². The van der Waals surface area contributed by atoms with E-state index in [2.05, 4.69) is 51.0 Å². The molecule has 31 heavy (non-hydrogen) atoms. The average molecular weight is 438 g/mol. The van der Waals surface area contributed by atoms with Crippen molar-refractivity contribution in [3.8, 4) is 17.3 Å². The van der Waals surface area contributed by atoms with E-state index in [4.69, 9.17) is 5.26 Å². The van der Waals surface area contributed by atoms with Crippen molar-refractivity contribution in [2.24, 2.45) is 0 Å². The molecule has 0 N–H and O–H groups in total. The Bertz CT molecular complexity index is 1030. The number of nitrogens with zero attached hydrogens (tertiary/aromatic N) is 7. The average Bonchev–Trinajstić information content (AvgIpc) is 3.14. The summed E-state index contributed by atoms with van der Waals surface area (Å²) in [5, 5.41) is 13.4. The zero-order chi connectivity index (χ0) is 20.9. The van der Waals surface area contributed by atoms with Crippen LogP contribution in [0, 0.1) is 18.3 Å². The molecule has 0 radical (unpaired) electrons. The van der Waals surface area contributed by atoms with Gasteiger partial charge in [-0.15, -0.1) is 12.4 Å². The fourth-order valence-electron chi connectivity index (χ4n) is 3.87. The Morgan fingerprint density at radius 1 is 1.03 bits per heavy atom. The largest absolute Gasteiger partial charge is 0.352 e. The molecule has 0 aliphatic carbocycles. The van der Waals surface area contributed by atoms with Crippen LogP contribution in [0.3, 0.4) is 0 Å². The third-order valence-corrected chi connectivity index (χ3v) is 5.63. The zero-order valence-electron chi connectivity index (χ0n) is 18.0. The molecule has 3 aromatic rings. The topological polar surface area (TPSA) is 73.9 Å². The highest BCUT2D eigenvalue weighted by atomic mass is 35.5. The van der Waals surface area contributed by atoms with Crippen LogP contribution in [-0.4, -0.2) is 50.8 Å².